The molecule has 2 atom stereocenters. The van der Waals surface area contributed by atoms with E-state index < -0.39 is 0 Å². The van der Waals surface area contributed by atoms with E-state index in [-0.39, 0.29) is 11.5 Å². The summed E-state index contributed by atoms with van der Waals surface area (Å²) in [6.45, 7) is 8.21. The molecule has 0 N–H and O–H groups in total. The second-order valence-corrected chi connectivity index (χ2v) is 8.00. The van der Waals surface area contributed by atoms with Crippen LogP contribution in [0.25, 0.3) is 0 Å². The average Bonchev–Trinajstić information content (AvgIpc) is 3.24. The van der Waals surface area contributed by atoms with Gasteiger partial charge >= 0.3 is 0 Å². The van der Waals surface area contributed by atoms with Gasteiger partial charge in [-0.25, -0.2) is 0 Å². The maximum Gasteiger partial charge on any atom is 0.230 e. The summed E-state index contributed by atoms with van der Waals surface area (Å²) in [5.74, 6) is 1.10. The Hall–Kier alpha value is -1.39. The minimum Gasteiger partial charge on any atom is -0.381 e. The Morgan fingerprint density at radius 2 is 1.96 bits per heavy atom. The number of hydrogen-bond acceptors (Lipinski definition) is 3. The van der Waals surface area contributed by atoms with Crippen molar-refractivity contribution in [3.63, 3.8) is 0 Å². The molecule has 3 heterocycles. The fourth-order valence-electron chi connectivity index (χ4n) is 5.15. The first kappa shape index (κ1) is 17.0. The molecule has 3 aliphatic rings. The average molecular weight is 342 g/mol. The van der Waals surface area contributed by atoms with Gasteiger partial charge in [-0.1, -0.05) is 30.3 Å². The number of ether oxygens (including phenoxy) is 1. The summed E-state index contributed by atoms with van der Waals surface area (Å²) in [4.78, 5) is 17.9. The van der Waals surface area contributed by atoms with Crippen molar-refractivity contribution < 1.29 is 9.53 Å². The zero-order valence-corrected chi connectivity index (χ0v) is 15.3. The van der Waals surface area contributed by atoms with E-state index in [1.54, 1.807) is 0 Å². The van der Waals surface area contributed by atoms with E-state index in [1.165, 1.54) is 12.0 Å². The van der Waals surface area contributed by atoms with E-state index in [0.717, 1.165) is 58.7 Å². The van der Waals surface area contributed by atoms with Crippen LogP contribution in [0.4, 0.5) is 0 Å². The van der Waals surface area contributed by atoms with Crippen LogP contribution in [0.15, 0.2) is 30.3 Å². The van der Waals surface area contributed by atoms with Crippen molar-refractivity contribution in [2.24, 2.45) is 5.92 Å². The summed E-state index contributed by atoms with van der Waals surface area (Å²) in [6.07, 6.45) is 4.42. The Kier molecular flexibility index (Phi) is 4.83. The van der Waals surface area contributed by atoms with Crippen LogP contribution in [0.1, 0.15) is 44.1 Å². The SMILES string of the molecule is CCN1C(=O)[C@H](c2ccccc2)CC12CCN(C[C@H]1CCOC1)CC2. The second-order valence-electron chi connectivity index (χ2n) is 8.00. The molecule has 0 radical (unpaired) electrons. The van der Waals surface area contributed by atoms with E-state index >= 15 is 0 Å². The highest BCUT2D eigenvalue weighted by Gasteiger charge is 2.51. The first-order valence-corrected chi connectivity index (χ1v) is 9.88. The van der Waals surface area contributed by atoms with E-state index in [2.05, 4.69) is 41.0 Å². The molecule has 1 aromatic carbocycles. The fourth-order valence-corrected chi connectivity index (χ4v) is 5.15. The van der Waals surface area contributed by atoms with E-state index in [0.29, 0.717) is 11.8 Å². The van der Waals surface area contributed by atoms with Gasteiger partial charge in [0.05, 0.1) is 12.5 Å². The highest BCUT2D eigenvalue weighted by atomic mass is 16.5. The Morgan fingerprint density at radius 1 is 1.20 bits per heavy atom. The number of likely N-dealkylation sites (tertiary alicyclic amines) is 2. The first-order valence-electron chi connectivity index (χ1n) is 9.88. The minimum atomic E-state index is 0.0518. The molecule has 0 unspecified atom stereocenters. The van der Waals surface area contributed by atoms with Crippen molar-refractivity contribution in [2.45, 2.75) is 44.1 Å². The molecule has 4 nitrogen and oxygen atoms in total. The third-order valence-electron chi connectivity index (χ3n) is 6.57. The lowest BCUT2D eigenvalue weighted by atomic mass is 9.81. The van der Waals surface area contributed by atoms with Crippen LogP contribution in [0.3, 0.4) is 0 Å². The van der Waals surface area contributed by atoms with Gasteiger partial charge in [-0.05, 0) is 44.1 Å². The summed E-state index contributed by atoms with van der Waals surface area (Å²) < 4.78 is 5.52. The Labute approximate surface area is 151 Å². The van der Waals surface area contributed by atoms with Gasteiger partial charge in [-0.2, -0.15) is 0 Å². The summed E-state index contributed by atoms with van der Waals surface area (Å²) >= 11 is 0. The monoisotopic (exact) mass is 342 g/mol. The third-order valence-corrected chi connectivity index (χ3v) is 6.57. The minimum absolute atomic E-state index is 0.0518. The lowest BCUT2D eigenvalue weighted by Crippen LogP contribution is -2.53. The number of carbonyl (C=O) groups is 1. The maximum absolute atomic E-state index is 13.1. The standard InChI is InChI=1S/C21H30N2O2/c1-2-23-20(24)19(18-6-4-3-5-7-18)14-21(23)9-11-22(12-10-21)15-17-8-13-25-16-17/h3-7,17,19H,2,8-16H2,1H3/t17-,19+/m1/s1. The van der Waals surface area contributed by atoms with Crippen molar-refractivity contribution in [2.75, 3.05) is 39.4 Å². The Bertz CT molecular complexity index is 589. The first-order chi connectivity index (χ1) is 12.2. The molecule has 1 spiro atoms. The molecule has 0 aromatic heterocycles. The van der Waals surface area contributed by atoms with Crippen LogP contribution in [-0.2, 0) is 9.53 Å². The van der Waals surface area contributed by atoms with Gasteiger partial charge in [-0.3, -0.25) is 4.79 Å². The van der Waals surface area contributed by atoms with Gasteiger partial charge in [0.25, 0.3) is 0 Å². The van der Waals surface area contributed by atoms with Crippen molar-refractivity contribution in [1.82, 2.24) is 9.80 Å². The van der Waals surface area contributed by atoms with E-state index in [9.17, 15) is 4.79 Å². The smallest absolute Gasteiger partial charge is 0.230 e. The van der Waals surface area contributed by atoms with Crippen LogP contribution in [0.5, 0.6) is 0 Å². The number of amides is 1. The van der Waals surface area contributed by atoms with Crippen LogP contribution in [0, 0.1) is 5.92 Å². The van der Waals surface area contributed by atoms with Crippen molar-refractivity contribution >= 4 is 5.91 Å². The van der Waals surface area contributed by atoms with E-state index in [4.69, 9.17) is 4.74 Å². The van der Waals surface area contributed by atoms with Gasteiger partial charge in [0, 0.05) is 38.3 Å². The maximum atomic E-state index is 13.1. The molecule has 25 heavy (non-hydrogen) atoms. The van der Waals surface area contributed by atoms with Crippen molar-refractivity contribution in [3.05, 3.63) is 35.9 Å². The normalized spacial score (nSPS) is 29.6. The molecule has 136 valence electrons. The number of benzene rings is 1. The molecular weight excluding hydrogens is 312 g/mol. The van der Waals surface area contributed by atoms with Crippen LogP contribution < -0.4 is 0 Å². The summed E-state index contributed by atoms with van der Waals surface area (Å²) in [7, 11) is 0. The predicted octanol–water partition coefficient (Wildman–Crippen LogP) is 2.89. The number of rotatable bonds is 4. The fraction of sp³-hybridized carbons (Fsp3) is 0.667. The molecule has 0 aliphatic carbocycles. The Balaban J connectivity index is 1.45. The number of carbonyl (C=O) groups excluding carboxylic acids is 1. The van der Waals surface area contributed by atoms with Crippen LogP contribution in [0.2, 0.25) is 0 Å². The lowest BCUT2D eigenvalue weighted by molar-refractivity contribution is -0.133. The molecule has 3 fully saturated rings. The molecule has 3 aliphatic heterocycles. The summed E-state index contributed by atoms with van der Waals surface area (Å²) in [6, 6.07) is 10.4. The number of nitrogens with zero attached hydrogens (tertiary/aromatic N) is 2. The zero-order chi connectivity index (χ0) is 17.3. The van der Waals surface area contributed by atoms with Crippen LogP contribution in [-0.4, -0.2) is 60.6 Å². The summed E-state index contributed by atoms with van der Waals surface area (Å²) in [5, 5.41) is 0. The molecule has 1 aromatic rings. The molecule has 0 bridgehead atoms. The molecular formula is C21H30N2O2. The third kappa shape index (κ3) is 3.22. The molecule has 3 saturated heterocycles. The van der Waals surface area contributed by atoms with Gasteiger partial charge in [0.15, 0.2) is 0 Å². The highest BCUT2D eigenvalue weighted by Crippen LogP contribution is 2.45. The number of likely N-dealkylation sites (N-methyl/N-ethyl adjacent to an activating group) is 1. The Morgan fingerprint density at radius 3 is 2.60 bits per heavy atom. The molecule has 4 heteroatoms. The van der Waals surface area contributed by atoms with Gasteiger partial charge in [0.2, 0.25) is 5.91 Å². The largest absolute Gasteiger partial charge is 0.381 e. The summed E-state index contributed by atoms with van der Waals surface area (Å²) in [5.41, 5.74) is 1.27. The van der Waals surface area contributed by atoms with Gasteiger partial charge in [-0.15, -0.1) is 0 Å². The van der Waals surface area contributed by atoms with Gasteiger partial charge < -0.3 is 14.5 Å². The highest BCUT2D eigenvalue weighted by molar-refractivity contribution is 5.87. The molecule has 4 rings (SSSR count). The van der Waals surface area contributed by atoms with Crippen molar-refractivity contribution in [1.29, 1.82) is 0 Å². The molecule has 1 amide bonds. The zero-order valence-electron chi connectivity index (χ0n) is 15.3. The number of hydrogen-bond donors (Lipinski definition) is 0. The second kappa shape index (κ2) is 7.08. The quantitative estimate of drug-likeness (QED) is 0.843. The molecule has 0 saturated carbocycles. The van der Waals surface area contributed by atoms with E-state index in [1.807, 2.05) is 6.07 Å². The van der Waals surface area contributed by atoms with Crippen LogP contribution >= 0.6 is 0 Å². The van der Waals surface area contributed by atoms with Gasteiger partial charge in [0.1, 0.15) is 0 Å². The predicted molar refractivity (Wildman–Crippen MR) is 98.5 cm³/mol. The number of piperidine rings is 1. The van der Waals surface area contributed by atoms with Crippen molar-refractivity contribution in [3.8, 4) is 0 Å². The topological polar surface area (TPSA) is 32.8 Å². The lowest BCUT2D eigenvalue weighted by Gasteiger charge is -2.45.